The SMILES string of the molecule is Cc1ccc(C#N)c(N2CCCC2CCCO)n1. The lowest BCUT2D eigenvalue weighted by Gasteiger charge is -2.26. The van der Waals surface area contributed by atoms with Crippen molar-refractivity contribution in [3.05, 3.63) is 23.4 Å². The number of nitriles is 1. The van der Waals surface area contributed by atoms with Crippen molar-refractivity contribution in [1.82, 2.24) is 4.98 Å². The lowest BCUT2D eigenvalue weighted by atomic mass is 10.1. The fraction of sp³-hybridized carbons (Fsp3) is 0.571. The molecule has 2 rings (SSSR count). The molecule has 1 saturated heterocycles. The molecule has 0 amide bonds. The molecule has 0 bridgehead atoms. The van der Waals surface area contributed by atoms with Crippen molar-refractivity contribution >= 4 is 5.82 Å². The second-order valence-electron chi connectivity index (χ2n) is 4.79. The van der Waals surface area contributed by atoms with Crippen molar-refractivity contribution in [2.24, 2.45) is 0 Å². The molecule has 0 spiro atoms. The first kappa shape index (κ1) is 12.8. The Bertz CT molecular complexity index is 453. The van der Waals surface area contributed by atoms with Crippen LogP contribution in [0.25, 0.3) is 0 Å². The van der Waals surface area contributed by atoms with E-state index >= 15 is 0 Å². The van der Waals surface area contributed by atoms with Crippen LogP contribution in [0.4, 0.5) is 5.82 Å². The molecule has 1 fully saturated rings. The van der Waals surface area contributed by atoms with Gasteiger partial charge < -0.3 is 10.0 Å². The first-order valence-corrected chi connectivity index (χ1v) is 6.51. The van der Waals surface area contributed by atoms with Crippen LogP contribution in [0.5, 0.6) is 0 Å². The number of nitrogens with zero attached hydrogens (tertiary/aromatic N) is 3. The Morgan fingerprint density at radius 1 is 1.56 bits per heavy atom. The molecule has 1 aliphatic rings. The summed E-state index contributed by atoms with van der Waals surface area (Å²) in [6.07, 6.45) is 4.04. The van der Waals surface area contributed by atoms with Crippen LogP contribution in [0, 0.1) is 18.3 Å². The van der Waals surface area contributed by atoms with Crippen molar-refractivity contribution in [1.29, 1.82) is 5.26 Å². The Balaban J connectivity index is 2.24. The molecule has 4 nitrogen and oxygen atoms in total. The van der Waals surface area contributed by atoms with E-state index in [4.69, 9.17) is 5.11 Å². The molecule has 1 atom stereocenters. The maximum Gasteiger partial charge on any atom is 0.147 e. The number of aliphatic hydroxyl groups is 1. The maximum absolute atomic E-state index is 9.18. The first-order valence-electron chi connectivity index (χ1n) is 6.51. The monoisotopic (exact) mass is 245 g/mol. The molecule has 0 aromatic carbocycles. The zero-order valence-electron chi connectivity index (χ0n) is 10.8. The van der Waals surface area contributed by atoms with Gasteiger partial charge in [-0.05, 0) is 44.7 Å². The summed E-state index contributed by atoms with van der Waals surface area (Å²) >= 11 is 0. The van der Waals surface area contributed by atoms with E-state index in [1.54, 1.807) is 0 Å². The highest BCUT2D eigenvalue weighted by atomic mass is 16.2. The molecular formula is C14H19N3O. The number of anilines is 1. The molecule has 0 saturated carbocycles. The summed E-state index contributed by atoms with van der Waals surface area (Å²) in [7, 11) is 0. The Hall–Kier alpha value is -1.60. The van der Waals surface area contributed by atoms with Crippen molar-refractivity contribution in [2.75, 3.05) is 18.1 Å². The van der Waals surface area contributed by atoms with E-state index in [2.05, 4.69) is 16.0 Å². The van der Waals surface area contributed by atoms with E-state index in [0.717, 1.165) is 43.7 Å². The Morgan fingerprint density at radius 3 is 3.11 bits per heavy atom. The summed E-state index contributed by atoms with van der Waals surface area (Å²) in [6.45, 7) is 3.14. The summed E-state index contributed by atoms with van der Waals surface area (Å²) < 4.78 is 0. The van der Waals surface area contributed by atoms with Gasteiger partial charge in [-0.1, -0.05) is 0 Å². The predicted molar refractivity (Wildman–Crippen MR) is 70.4 cm³/mol. The standard InChI is InChI=1S/C14H19N3O/c1-11-6-7-12(10-15)14(16-11)17-8-2-4-13(17)5-3-9-18/h6-7,13,18H,2-5,8-9H2,1H3. The summed E-state index contributed by atoms with van der Waals surface area (Å²) in [6, 6.07) is 6.36. The van der Waals surface area contributed by atoms with Gasteiger partial charge in [0.25, 0.3) is 0 Å². The smallest absolute Gasteiger partial charge is 0.147 e. The van der Waals surface area contributed by atoms with Gasteiger partial charge in [0.2, 0.25) is 0 Å². The highest BCUT2D eigenvalue weighted by Crippen LogP contribution is 2.29. The largest absolute Gasteiger partial charge is 0.396 e. The number of rotatable bonds is 4. The van der Waals surface area contributed by atoms with E-state index < -0.39 is 0 Å². The normalized spacial score (nSPS) is 18.9. The summed E-state index contributed by atoms with van der Waals surface area (Å²) in [5.41, 5.74) is 1.59. The Morgan fingerprint density at radius 2 is 2.39 bits per heavy atom. The van der Waals surface area contributed by atoms with E-state index in [1.165, 1.54) is 0 Å². The summed E-state index contributed by atoms with van der Waals surface area (Å²) in [5, 5.41) is 18.1. The molecule has 4 heteroatoms. The Labute approximate surface area is 108 Å². The zero-order chi connectivity index (χ0) is 13.0. The quantitative estimate of drug-likeness (QED) is 0.881. The number of hydrogen-bond acceptors (Lipinski definition) is 4. The zero-order valence-corrected chi connectivity index (χ0v) is 10.8. The minimum absolute atomic E-state index is 0.233. The third-order valence-electron chi connectivity index (χ3n) is 3.48. The molecule has 1 aromatic rings. The van der Waals surface area contributed by atoms with Crippen LogP contribution >= 0.6 is 0 Å². The van der Waals surface area contributed by atoms with Crippen LogP contribution < -0.4 is 4.90 Å². The van der Waals surface area contributed by atoms with Crippen LogP contribution in [0.3, 0.4) is 0 Å². The van der Waals surface area contributed by atoms with Gasteiger partial charge in [-0.3, -0.25) is 0 Å². The van der Waals surface area contributed by atoms with Gasteiger partial charge in [-0.15, -0.1) is 0 Å². The van der Waals surface area contributed by atoms with E-state index in [1.807, 2.05) is 19.1 Å². The van der Waals surface area contributed by atoms with Gasteiger partial charge in [0.05, 0.1) is 5.56 Å². The molecule has 96 valence electrons. The average molecular weight is 245 g/mol. The Kier molecular flexibility index (Phi) is 4.16. The third-order valence-corrected chi connectivity index (χ3v) is 3.48. The van der Waals surface area contributed by atoms with E-state index in [-0.39, 0.29) is 6.61 Å². The van der Waals surface area contributed by atoms with E-state index in [0.29, 0.717) is 11.6 Å². The highest BCUT2D eigenvalue weighted by Gasteiger charge is 2.27. The number of aryl methyl sites for hydroxylation is 1. The van der Waals surface area contributed by atoms with Gasteiger partial charge in [-0.25, -0.2) is 4.98 Å². The van der Waals surface area contributed by atoms with E-state index in [9.17, 15) is 5.26 Å². The van der Waals surface area contributed by atoms with Gasteiger partial charge in [-0.2, -0.15) is 5.26 Å². The highest BCUT2D eigenvalue weighted by molar-refractivity contribution is 5.55. The second kappa shape index (κ2) is 5.83. The molecular weight excluding hydrogens is 226 g/mol. The topological polar surface area (TPSA) is 60.2 Å². The minimum atomic E-state index is 0.233. The molecule has 1 unspecified atom stereocenters. The fourth-order valence-corrected chi connectivity index (χ4v) is 2.59. The molecule has 1 N–H and O–H groups in total. The summed E-state index contributed by atoms with van der Waals surface area (Å²) in [5.74, 6) is 0.818. The first-order chi connectivity index (χ1) is 8.76. The van der Waals surface area contributed by atoms with Crippen LogP contribution in [0.1, 0.15) is 36.9 Å². The minimum Gasteiger partial charge on any atom is -0.396 e. The molecule has 0 aliphatic carbocycles. The maximum atomic E-state index is 9.18. The molecule has 2 heterocycles. The second-order valence-corrected chi connectivity index (χ2v) is 4.79. The number of pyridine rings is 1. The summed E-state index contributed by atoms with van der Waals surface area (Å²) in [4.78, 5) is 6.76. The van der Waals surface area contributed by atoms with Crippen LogP contribution in [0.2, 0.25) is 0 Å². The van der Waals surface area contributed by atoms with Crippen molar-refractivity contribution in [2.45, 2.75) is 38.6 Å². The van der Waals surface area contributed by atoms with Crippen molar-refractivity contribution < 1.29 is 5.11 Å². The van der Waals surface area contributed by atoms with Gasteiger partial charge in [0, 0.05) is 24.9 Å². The molecule has 0 radical (unpaired) electrons. The lowest BCUT2D eigenvalue weighted by molar-refractivity contribution is 0.279. The van der Waals surface area contributed by atoms with Gasteiger partial charge in [0.15, 0.2) is 0 Å². The van der Waals surface area contributed by atoms with Crippen molar-refractivity contribution in [3.8, 4) is 6.07 Å². The third kappa shape index (κ3) is 2.62. The number of aliphatic hydroxyl groups excluding tert-OH is 1. The molecule has 18 heavy (non-hydrogen) atoms. The van der Waals surface area contributed by atoms with Crippen LogP contribution in [-0.2, 0) is 0 Å². The number of hydrogen-bond donors (Lipinski definition) is 1. The fourth-order valence-electron chi connectivity index (χ4n) is 2.59. The van der Waals surface area contributed by atoms with Crippen LogP contribution in [-0.4, -0.2) is 29.3 Å². The van der Waals surface area contributed by atoms with Crippen LogP contribution in [0.15, 0.2) is 12.1 Å². The lowest BCUT2D eigenvalue weighted by Crippen LogP contribution is -2.31. The molecule has 1 aromatic heterocycles. The van der Waals surface area contributed by atoms with Gasteiger partial charge >= 0.3 is 0 Å². The predicted octanol–water partition coefficient (Wildman–Crippen LogP) is 2.00. The average Bonchev–Trinajstić information content (AvgIpc) is 2.84. The number of aromatic nitrogens is 1. The van der Waals surface area contributed by atoms with Gasteiger partial charge in [0.1, 0.15) is 11.9 Å². The molecule has 1 aliphatic heterocycles. The van der Waals surface area contributed by atoms with Crippen molar-refractivity contribution in [3.63, 3.8) is 0 Å².